The van der Waals surface area contributed by atoms with Crippen LogP contribution in [0.25, 0.3) is 22.5 Å². The molecule has 0 spiro atoms. The molecule has 6 rings (SSSR count). The Morgan fingerprint density at radius 1 is 1.07 bits per heavy atom. The van der Waals surface area contributed by atoms with E-state index in [2.05, 4.69) is 20.4 Å². The number of fused-ring (bicyclic) bond motifs is 1. The zero-order chi connectivity index (χ0) is 29.5. The van der Waals surface area contributed by atoms with E-state index in [4.69, 9.17) is 30.3 Å². The summed E-state index contributed by atoms with van der Waals surface area (Å²) in [6.45, 7) is 0.692. The maximum Gasteiger partial charge on any atom is 0.312 e. The van der Waals surface area contributed by atoms with Gasteiger partial charge in [0.05, 0.1) is 37.0 Å². The van der Waals surface area contributed by atoms with Gasteiger partial charge in [-0.1, -0.05) is 23.3 Å². The number of aromatic nitrogens is 7. The van der Waals surface area contributed by atoms with Gasteiger partial charge in [0, 0.05) is 36.6 Å². The number of anilines is 2. The summed E-state index contributed by atoms with van der Waals surface area (Å²) >= 11 is 0. The first kappa shape index (κ1) is 27.8. The second kappa shape index (κ2) is 10.8. The standard InChI is InChI=1S/C27H31N9O5S/c1-39-12-13-40-27(25-33-34-26(29)41-25)10-8-17(9-11-27)21-22(42(2,37)38)23(28)36-24(32-21)20(15-31-36)18-14-30-35(16-18)19-6-4-3-5-7-19/h3-7,14-17H,8-13,28H2,1-2H3,(H2,29,34). The summed E-state index contributed by atoms with van der Waals surface area (Å²) < 4.78 is 46.2. The van der Waals surface area contributed by atoms with Crippen LogP contribution in [0.2, 0.25) is 0 Å². The van der Waals surface area contributed by atoms with Gasteiger partial charge in [-0.05, 0) is 37.8 Å². The second-order valence-electron chi connectivity index (χ2n) is 10.3. The second-order valence-corrected chi connectivity index (χ2v) is 12.3. The predicted octanol–water partition coefficient (Wildman–Crippen LogP) is 2.75. The molecule has 15 heteroatoms. The molecule has 5 aromatic rings. The zero-order valence-electron chi connectivity index (χ0n) is 23.2. The molecule has 0 saturated heterocycles. The van der Waals surface area contributed by atoms with E-state index in [1.165, 1.54) is 4.52 Å². The quantitative estimate of drug-likeness (QED) is 0.238. The Morgan fingerprint density at radius 2 is 1.83 bits per heavy atom. The topological polar surface area (TPSA) is 192 Å². The fraction of sp³-hybridized carbons (Fsp3) is 0.370. The molecule has 14 nitrogen and oxygen atoms in total. The van der Waals surface area contributed by atoms with E-state index in [0.29, 0.717) is 55.8 Å². The third-order valence-corrected chi connectivity index (χ3v) is 8.78. The van der Waals surface area contributed by atoms with Gasteiger partial charge < -0.3 is 25.4 Å². The van der Waals surface area contributed by atoms with Crippen molar-refractivity contribution in [2.75, 3.05) is 38.0 Å². The summed E-state index contributed by atoms with van der Waals surface area (Å²) in [6.07, 6.45) is 8.32. The molecular formula is C27H31N9O5S. The van der Waals surface area contributed by atoms with Crippen molar-refractivity contribution in [1.82, 2.24) is 34.6 Å². The lowest BCUT2D eigenvalue weighted by atomic mass is 9.77. The zero-order valence-corrected chi connectivity index (χ0v) is 24.0. The number of nitrogens with zero attached hydrogens (tertiary/aromatic N) is 7. The van der Waals surface area contributed by atoms with Crippen LogP contribution in [0.15, 0.2) is 58.2 Å². The molecule has 0 bridgehead atoms. The number of para-hydroxylation sites is 1. The highest BCUT2D eigenvalue weighted by molar-refractivity contribution is 7.91. The fourth-order valence-electron chi connectivity index (χ4n) is 5.58. The van der Waals surface area contributed by atoms with Gasteiger partial charge in [0.1, 0.15) is 16.3 Å². The molecule has 0 unspecified atom stereocenters. The first-order valence-electron chi connectivity index (χ1n) is 13.4. The Balaban J connectivity index is 1.39. The van der Waals surface area contributed by atoms with Crippen molar-refractivity contribution in [2.24, 2.45) is 0 Å². The molecule has 0 atom stereocenters. The molecule has 0 aliphatic heterocycles. The van der Waals surface area contributed by atoms with Gasteiger partial charge in [-0.25, -0.2) is 18.1 Å². The van der Waals surface area contributed by atoms with Gasteiger partial charge in [-0.2, -0.15) is 14.7 Å². The molecule has 42 heavy (non-hydrogen) atoms. The number of sulfone groups is 1. The Kier molecular flexibility index (Phi) is 7.16. The van der Waals surface area contributed by atoms with Crippen molar-refractivity contribution in [1.29, 1.82) is 0 Å². The van der Waals surface area contributed by atoms with Crippen molar-refractivity contribution < 1.29 is 22.3 Å². The van der Waals surface area contributed by atoms with Crippen LogP contribution in [0.1, 0.15) is 43.2 Å². The summed E-state index contributed by atoms with van der Waals surface area (Å²) in [5, 5.41) is 16.8. The van der Waals surface area contributed by atoms with Crippen molar-refractivity contribution in [3.63, 3.8) is 0 Å². The molecule has 0 radical (unpaired) electrons. The summed E-state index contributed by atoms with van der Waals surface area (Å²) in [5.74, 6) is 0.0580. The van der Waals surface area contributed by atoms with Gasteiger partial charge in [0.25, 0.3) is 0 Å². The van der Waals surface area contributed by atoms with Gasteiger partial charge in [0.15, 0.2) is 15.5 Å². The number of methoxy groups -OCH3 is 1. The number of ether oxygens (including phenoxy) is 2. The average molecular weight is 594 g/mol. The Labute approximate surface area is 241 Å². The number of hydrogen-bond acceptors (Lipinski definition) is 12. The smallest absolute Gasteiger partial charge is 0.312 e. The van der Waals surface area contributed by atoms with Crippen LogP contribution in [0.5, 0.6) is 0 Å². The third kappa shape index (κ3) is 4.99. The molecule has 4 heterocycles. The van der Waals surface area contributed by atoms with Gasteiger partial charge in [0.2, 0.25) is 5.89 Å². The Hall–Kier alpha value is -4.34. The molecular weight excluding hydrogens is 562 g/mol. The lowest BCUT2D eigenvalue weighted by molar-refractivity contribution is -0.107. The summed E-state index contributed by atoms with van der Waals surface area (Å²) in [4.78, 5) is 4.89. The van der Waals surface area contributed by atoms with E-state index >= 15 is 0 Å². The van der Waals surface area contributed by atoms with Crippen LogP contribution in [0, 0.1) is 0 Å². The molecule has 4 N–H and O–H groups in total. The van der Waals surface area contributed by atoms with Gasteiger partial charge >= 0.3 is 6.01 Å². The van der Waals surface area contributed by atoms with Crippen LogP contribution in [0.4, 0.5) is 11.8 Å². The number of hydrogen-bond donors (Lipinski definition) is 2. The maximum absolute atomic E-state index is 13.1. The molecule has 4 aromatic heterocycles. The van der Waals surface area contributed by atoms with Crippen molar-refractivity contribution >= 4 is 27.3 Å². The predicted molar refractivity (Wildman–Crippen MR) is 152 cm³/mol. The van der Waals surface area contributed by atoms with Crippen LogP contribution in [-0.2, 0) is 24.9 Å². The largest absolute Gasteiger partial charge is 0.405 e. The minimum atomic E-state index is -3.76. The molecule has 1 aromatic carbocycles. The van der Waals surface area contributed by atoms with E-state index in [1.807, 2.05) is 36.5 Å². The highest BCUT2D eigenvalue weighted by Crippen LogP contribution is 2.47. The van der Waals surface area contributed by atoms with Gasteiger partial charge in [-0.3, -0.25) is 0 Å². The van der Waals surface area contributed by atoms with E-state index in [9.17, 15) is 8.42 Å². The van der Waals surface area contributed by atoms with E-state index in [-0.39, 0.29) is 28.5 Å². The van der Waals surface area contributed by atoms with Crippen LogP contribution < -0.4 is 11.5 Å². The molecule has 1 fully saturated rings. The number of nitrogen functional groups attached to an aromatic ring is 2. The Morgan fingerprint density at radius 3 is 2.50 bits per heavy atom. The van der Waals surface area contributed by atoms with E-state index in [0.717, 1.165) is 17.5 Å². The molecule has 1 aliphatic carbocycles. The summed E-state index contributed by atoms with van der Waals surface area (Å²) in [5.41, 5.74) is 14.5. The highest BCUT2D eigenvalue weighted by Gasteiger charge is 2.44. The first-order valence-corrected chi connectivity index (χ1v) is 15.3. The maximum atomic E-state index is 13.1. The minimum absolute atomic E-state index is 0.0112. The molecule has 1 aliphatic rings. The van der Waals surface area contributed by atoms with Gasteiger partial charge in [-0.15, -0.1) is 5.10 Å². The van der Waals surface area contributed by atoms with Crippen LogP contribution >= 0.6 is 0 Å². The normalized spacial score (nSPS) is 19.4. The van der Waals surface area contributed by atoms with E-state index in [1.54, 1.807) is 24.2 Å². The first-order chi connectivity index (χ1) is 20.2. The van der Waals surface area contributed by atoms with Crippen LogP contribution in [0.3, 0.4) is 0 Å². The highest BCUT2D eigenvalue weighted by atomic mass is 32.2. The molecule has 0 amide bonds. The fourth-order valence-corrected chi connectivity index (χ4v) is 6.64. The lowest BCUT2D eigenvalue weighted by Crippen LogP contribution is -2.36. The lowest BCUT2D eigenvalue weighted by Gasteiger charge is -2.37. The van der Waals surface area contributed by atoms with Crippen molar-refractivity contribution in [3.05, 3.63) is 60.5 Å². The third-order valence-electron chi connectivity index (χ3n) is 7.62. The monoisotopic (exact) mass is 593 g/mol. The molecule has 1 saturated carbocycles. The van der Waals surface area contributed by atoms with Crippen molar-refractivity contribution in [3.8, 4) is 16.8 Å². The Bertz CT molecular complexity index is 1820. The van der Waals surface area contributed by atoms with Crippen LogP contribution in [-0.4, -0.2) is 69.6 Å². The summed E-state index contributed by atoms with van der Waals surface area (Å²) in [7, 11) is -2.17. The summed E-state index contributed by atoms with van der Waals surface area (Å²) in [6, 6.07) is 9.65. The number of rotatable bonds is 9. The van der Waals surface area contributed by atoms with Crippen molar-refractivity contribution in [2.45, 2.75) is 42.1 Å². The van der Waals surface area contributed by atoms with E-state index < -0.39 is 15.4 Å². The minimum Gasteiger partial charge on any atom is -0.405 e. The number of benzene rings is 1. The molecule has 220 valence electrons. The SMILES string of the molecule is COCCOC1(c2nnc(N)o2)CCC(c2nc3c(-c4cnn(-c5ccccc5)c4)cnn3c(N)c2S(C)(=O)=O)CC1. The number of nitrogens with two attached hydrogens (primary N) is 2. The average Bonchev–Trinajstić information content (AvgIpc) is 3.73.